The van der Waals surface area contributed by atoms with Crippen LogP contribution in [0.15, 0.2) is 65.2 Å². The van der Waals surface area contributed by atoms with Crippen LogP contribution in [0.1, 0.15) is 22.6 Å². The van der Waals surface area contributed by atoms with Gasteiger partial charge in [-0.1, -0.05) is 47.6 Å². The highest BCUT2D eigenvalue weighted by atomic mass is 19.4. The van der Waals surface area contributed by atoms with Gasteiger partial charge in [-0.3, -0.25) is 4.90 Å². The topological polar surface area (TPSA) is 59.8 Å². The van der Waals surface area contributed by atoms with E-state index in [4.69, 9.17) is 9.26 Å². The highest BCUT2D eigenvalue weighted by Crippen LogP contribution is 2.25. The molecule has 1 fully saturated rings. The van der Waals surface area contributed by atoms with Gasteiger partial charge in [-0.25, -0.2) is 0 Å². The van der Waals surface area contributed by atoms with Crippen LogP contribution in [0.4, 0.5) is 13.2 Å². The predicted molar refractivity (Wildman–Crippen MR) is 115 cm³/mol. The largest absolute Gasteiger partial charge is 0.573 e. The normalized spacial score (nSPS) is 15.4. The molecular weight excluding hydrogens is 435 g/mol. The molecule has 0 unspecified atom stereocenters. The second kappa shape index (κ2) is 9.94. The first-order valence-corrected chi connectivity index (χ1v) is 10.6. The zero-order valence-corrected chi connectivity index (χ0v) is 18.3. The number of benzene rings is 2. The Morgan fingerprint density at radius 2 is 1.76 bits per heavy atom. The summed E-state index contributed by atoms with van der Waals surface area (Å²) in [6, 6.07) is 18.0. The van der Waals surface area contributed by atoms with Crippen LogP contribution in [0.3, 0.4) is 0 Å². The van der Waals surface area contributed by atoms with E-state index in [0.29, 0.717) is 32.7 Å². The lowest BCUT2D eigenvalue weighted by Crippen LogP contribution is -2.61. The smallest absolute Gasteiger partial charge is 0.406 e. The molecule has 1 aliphatic heterocycles. The fraction of sp³-hybridized carbons (Fsp3) is 0.375. The average molecular weight is 461 g/mol. The molecule has 176 valence electrons. The molecule has 1 N–H and O–H groups in total. The summed E-state index contributed by atoms with van der Waals surface area (Å²) in [5, 5.41) is 7.69. The molecule has 0 spiro atoms. The van der Waals surface area contributed by atoms with Gasteiger partial charge in [-0.2, -0.15) is 0 Å². The Bertz CT molecular complexity index is 1020. The van der Waals surface area contributed by atoms with Gasteiger partial charge in [0.15, 0.2) is 5.76 Å². The maximum Gasteiger partial charge on any atom is 0.573 e. The Labute approximate surface area is 190 Å². The van der Waals surface area contributed by atoms with Crippen molar-refractivity contribution in [3.8, 4) is 5.75 Å². The third-order valence-electron chi connectivity index (χ3n) is 5.43. The number of nitrogens with zero attached hydrogens (tertiary/aromatic N) is 2. The van der Waals surface area contributed by atoms with Crippen molar-refractivity contribution in [1.82, 2.24) is 15.4 Å². The number of aromatic nitrogens is 1. The molecule has 0 saturated carbocycles. The molecule has 3 aromatic rings. The first kappa shape index (κ1) is 23.3. The lowest BCUT2D eigenvalue weighted by Gasteiger charge is -2.42. The van der Waals surface area contributed by atoms with Gasteiger partial charge in [0.25, 0.3) is 0 Å². The summed E-state index contributed by atoms with van der Waals surface area (Å²) < 4.78 is 51.8. The van der Waals surface area contributed by atoms with Gasteiger partial charge in [0.05, 0.1) is 31.0 Å². The van der Waals surface area contributed by atoms with Gasteiger partial charge in [0, 0.05) is 25.6 Å². The van der Waals surface area contributed by atoms with Crippen LogP contribution in [0, 0.1) is 0 Å². The van der Waals surface area contributed by atoms with Crippen molar-refractivity contribution in [2.24, 2.45) is 0 Å². The summed E-state index contributed by atoms with van der Waals surface area (Å²) in [6.07, 6.45) is -4.06. The van der Waals surface area contributed by atoms with Crippen LogP contribution >= 0.6 is 0 Å². The van der Waals surface area contributed by atoms with E-state index in [9.17, 15) is 13.2 Å². The van der Waals surface area contributed by atoms with Crippen LogP contribution in [-0.4, -0.2) is 42.2 Å². The quantitative estimate of drug-likeness (QED) is 0.486. The standard InChI is InChI=1S/C24H26F3N3O3/c1-30(14-19-5-3-2-4-6-19)15-22-11-20(29-33-22)12-23(16-31-17-23)28-13-18-7-9-21(10-8-18)32-24(25,26)27/h2-11,28H,12-17H2,1H3. The number of nitrogens with one attached hydrogen (secondary N) is 1. The summed E-state index contributed by atoms with van der Waals surface area (Å²) in [4.78, 5) is 2.16. The van der Waals surface area contributed by atoms with Gasteiger partial charge in [-0.05, 0) is 30.3 Å². The minimum absolute atomic E-state index is 0.236. The summed E-state index contributed by atoms with van der Waals surface area (Å²) in [5.74, 6) is 0.555. The molecular formula is C24H26F3N3O3. The van der Waals surface area contributed by atoms with E-state index in [1.807, 2.05) is 31.3 Å². The zero-order chi connectivity index (χ0) is 23.3. The van der Waals surface area contributed by atoms with E-state index in [2.05, 4.69) is 32.2 Å². The Balaban J connectivity index is 1.29. The van der Waals surface area contributed by atoms with Crippen LogP contribution in [0.5, 0.6) is 5.75 Å². The monoisotopic (exact) mass is 461 g/mol. The first-order chi connectivity index (χ1) is 15.8. The first-order valence-electron chi connectivity index (χ1n) is 10.6. The fourth-order valence-electron chi connectivity index (χ4n) is 3.79. The van der Waals surface area contributed by atoms with Crippen molar-refractivity contribution in [3.05, 3.63) is 83.2 Å². The molecule has 0 radical (unpaired) electrons. The predicted octanol–water partition coefficient (Wildman–Crippen LogP) is 4.31. The molecule has 0 bridgehead atoms. The fourth-order valence-corrected chi connectivity index (χ4v) is 3.79. The average Bonchev–Trinajstić information content (AvgIpc) is 3.17. The maximum absolute atomic E-state index is 12.3. The van der Waals surface area contributed by atoms with Gasteiger partial charge >= 0.3 is 6.36 Å². The third-order valence-corrected chi connectivity index (χ3v) is 5.43. The number of rotatable bonds is 10. The number of hydrogen-bond donors (Lipinski definition) is 1. The summed E-state index contributed by atoms with van der Waals surface area (Å²) in [6.45, 7) is 2.99. The van der Waals surface area contributed by atoms with E-state index >= 15 is 0 Å². The lowest BCUT2D eigenvalue weighted by atomic mass is 9.91. The van der Waals surface area contributed by atoms with Crippen molar-refractivity contribution in [3.63, 3.8) is 0 Å². The SMILES string of the molecule is CN(Cc1ccccc1)Cc1cc(CC2(NCc3ccc(OC(F)(F)F)cc3)COC2)no1. The van der Waals surface area contributed by atoms with Crippen molar-refractivity contribution in [2.75, 3.05) is 20.3 Å². The van der Waals surface area contributed by atoms with Crippen LogP contribution < -0.4 is 10.1 Å². The number of halogens is 3. The van der Waals surface area contributed by atoms with E-state index in [0.717, 1.165) is 23.6 Å². The highest BCUT2D eigenvalue weighted by Gasteiger charge is 2.39. The van der Waals surface area contributed by atoms with Crippen LogP contribution in [0.2, 0.25) is 0 Å². The van der Waals surface area contributed by atoms with Gasteiger partial charge in [0.1, 0.15) is 5.75 Å². The minimum atomic E-state index is -4.69. The molecule has 0 aliphatic carbocycles. The van der Waals surface area contributed by atoms with Crippen molar-refractivity contribution >= 4 is 0 Å². The maximum atomic E-state index is 12.3. The van der Waals surface area contributed by atoms with Gasteiger partial charge < -0.3 is 19.3 Å². The Kier molecular flexibility index (Phi) is 7.02. The van der Waals surface area contributed by atoms with Gasteiger partial charge in [-0.15, -0.1) is 13.2 Å². The minimum Gasteiger partial charge on any atom is -0.406 e. The molecule has 2 aromatic carbocycles. The molecule has 6 nitrogen and oxygen atoms in total. The van der Waals surface area contributed by atoms with Crippen molar-refractivity contribution in [1.29, 1.82) is 0 Å². The Hall–Kier alpha value is -2.88. The van der Waals surface area contributed by atoms with Crippen molar-refractivity contribution in [2.45, 2.75) is 38.0 Å². The number of alkyl halides is 3. The third kappa shape index (κ3) is 6.80. The molecule has 4 rings (SSSR count). The second-order valence-corrected chi connectivity index (χ2v) is 8.44. The van der Waals surface area contributed by atoms with Crippen LogP contribution in [0.25, 0.3) is 0 Å². The summed E-state index contributed by atoms with van der Waals surface area (Å²) >= 11 is 0. The second-order valence-electron chi connectivity index (χ2n) is 8.44. The molecule has 1 aliphatic rings. The molecule has 33 heavy (non-hydrogen) atoms. The summed E-state index contributed by atoms with van der Waals surface area (Å²) in [7, 11) is 2.03. The van der Waals surface area contributed by atoms with E-state index in [-0.39, 0.29) is 11.3 Å². The molecule has 9 heteroatoms. The molecule has 1 saturated heterocycles. The summed E-state index contributed by atoms with van der Waals surface area (Å²) in [5.41, 5.74) is 2.63. The number of ether oxygens (including phenoxy) is 2. The van der Waals surface area contributed by atoms with E-state index in [1.54, 1.807) is 12.1 Å². The Morgan fingerprint density at radius 1 is 1.03 bits per heavy atom. The van der Waals surface area contributed by atoms with Crippen molar-refractivity contribution < 1.29 is 27.2 Å². The zero-order valence-electron chi connectivity index (χ0n) is 18.3. The van der Waals surface area contributed by atoms with Crippen LogP contribution in [-0.2, 0) is 30.8 Å². The van der Waals surface area contributed by atoms with E-state index < -0.39 is 6.36 Å². The molecule has 1 aromatic heterocycles. The number of hydrogen-bond acceptors (Lipinski definition) is 6. The van der Waals surface area contributed by atoms with E-state index in [1.165, 1.54) is 17.7 Å². The lowest BCUT2D eigenvalue weighted by molar-refractivity contribution is -0.274. The molecule has 2 heterocycles. The molecule has 0 amide bonds. The Morgan fingerprint density at radius 3 is 2.39 bits per heavy atom. The van der Waals surface area contributed by atoms with Gasteiger partial charge in [0.2, 0.25) is 0 Å². The molecule has 0 atom stereocenters. The highest BCUT2D eigenvalue weighted by molar-refractivity contribution is 5.27.